The monoisotopic (exact) mass is 404 g/mol. The van der Waals surface area contributed by atoms with Gasteiger partial charge in [-0.3, -0.25) is 9.59 Å². The van der Waals surface area contributed by atoms with Gasteiger partial charge in [0.1, 0.15) is 0 Å². The summed E-state index contributed by atoms with van der Waals surface area (Å²) in [5, 5.41) is 13.6. The Kier molecular flexibility index (Phi) is 5.44. The fourth-order valence-corrected chi connectivity index (χ4v) is 3.20. The van der Waals surface area contributed by atoms with Crippen LogP contribution < -0.4 is 5.32 Å². The first-order valence-electron chi connectivity index (χ1n) is 8.31. The van der Waals surface area contributed by atoms with Crippen molar-refractivity contribution in [1.82, 2.24) is 10.2 Å². The van der Waals surface area contributed by atoms with Crippen LogP contribution in [0.25, 0.3) is 11.1 Å². The Morgan fingerprint density at radius 2 is 1.85 bits per heavy atom. The largest absolute Gasteiger partial charge is 0.503 e. The van der Waals surface area contributed by atoms with Crippen molar-refractivity contribution < 1.29 is 14.7 Å². The quantitative estimate of drug-likeness (QED) is 0.804. The minimum atomic E-state index is -0.547. The van der Waals surface area contributed by atoms with Gasteiger partial charge in [-0.15, -0.1) is 0 Å². The Bertz CT molecular complexity index is 956. The molecule has 2 N–H and O–H groups in total. The number of benzene rings is 2. The van der Waals surface area contributed by atoms with Crippen LogP contribution in [0.4, 0.5) is 0 Å². The molecule has 0 spiro atoms. The number of rotatable bonds is 4. The summed E-state index contributed by atoms with van der Waals surface area (Å²) in [5.41, 5.74) is 2.80. The van der Waals surface area contributed by atoms with E-state index in [-0.39, 0.29) is 18.2 Å². The van der Waals surface area contributed by atoms with Crippen molar-refractivity contribution in [3.05, 3.63) is 69.4 Å². The van der Waals surface area contributed by atoms with Gasteiger partial charge in [0.05, 0.1) is 28.2 Å². The smallest absolute Gasteiger partial charge is 0.289 e. The lowest BCUT2D eigenvalue weighted by Crippen LogP contribution is -2.30. The van der Waals surface area contributed by atoms with E-state index in [1.807, 2.05) is 37.3 Å². The number of aliphatic hydroxyl groups is 1. The van der Waals surface area contributed by atoms with Crippen LogP contribution in [0.15, 0.2) is 53.8 Å². The van der Waals surface area contributed by atoms with Crippen molar-refractivity contribution in [1.29, 1.82) is 0 Å². The van der Waals surface area contributed by atoms with Crippen molar-refractivity contribution in [3.63, 3.8) is 0 Å². The van der Waals surface area contributed by atoms with Crippen molar-refractivity contribution >= 4 is 35.0 Å². The Morgan fingerprint density at radius 1 is 1.15 bits per heavy atom. The second-order valence-electron chi connectivity index (χ2n) is 6.44. The highest BCUT2D eigenvalue weighted by molar-refractivity contribution is 6.42. The van der Waals surface area contributed by atoms with Gasteiger partial charge < -0.3 is 15.3 Å². The van der Waals surface area contributed by atoms with Gasteiger partial charge in [0.25, 0.3) is 11.8 Å². The Hall–Kier alpha value is -2.50. The number of nitrogens with zero attached hydrogens (tertiary/aromatic N) is 1. The van der Waals surface area contributed by atoms with E-state index in [4.69, 9.17) is 23.2 Å². The zero-order valence-corrected chi connectivity index (χ0v) is 16.3. The molecule has 140 valence electrons. The molecule has 0 fully saturated rings. The second-order valence-corrected chi connectivity index (χ2v) is 7.25. The van der Waals surface area contributed by atoms with Crippen LogP contribution in [0, 0.1) is 0 Å². The molecule has 0 saturated heterocycles. The van der Waals surface area contributed by atoms with E-state index in [1.54, 1.807) is 12.1 Å². The van der Waals surface area contributed by atoms with Crippen LogP contribution in [-0.2, 0) is 9.59 Å². The fraction of sp³-hybridized carbons (Fsp3) is 0.200. The Balaban J connectivity index is 1.80. The van der Waals surface area contributed by atoms with Crippen LogP contribution in [0.5, 0.6) is 0 Å². The van der Waals surface area contributed by atoms with E-state index in [0.29, 0.717) is 10.0 Å². The number of carbonyl (C=O) groups excluding carboxylic acids is 2. The van der Waals surface area contributed by atoms with E-state index in [1.165, 1.54) is 11.9 Å². The zero-order chi connectivity index (χ0) is 19.7. The van der Waals surface area contributed by atoms with E-state index in [9.17, 15) is 14.7 Å². The number of amides is 2. The number of hydrogen-bond donors (Lipinski definition) is 2. The lowest BCUT2D eigenvalue weighted by Gasteiger charge is -2.16. The molecule has 7 heteroatoms. The molecule has 2 aromatic rings. The molecule has 1 heterocycles. The second kappa shape index (κ2) is 7.62. The van der Waals surface area contributed by atoms with Crippen LogP contribution in [-0.4, -0.2) is 35.4 Å². The first-order valence-corrected chi connectivity index (χ1v) is 9.07. The molecule has 0 aliphatic carbocycles. The molecule has 0 aromatic heterocycles. The molecule has 27 heavy (non-hydrogen) atoms. The molecule has 5 nitrogen and oxygen atoms in total. The molecule has 0 unspecified atom stereocenters. The zero-order valence-electron chi connectivity index (χ0n) is 14.8. The molecule has 0 radical (unpaired) electrons. The third-order valence-corrected chi connectivity index (χ3v) is 5.23. The molecule has 1 atom stereocenters. The number of halogens is 2. The SMILES string of the molecule is C[C@@H](NC(=O)C1=C(O)C(=O)N(C)C1)c1cccc(-c2ccc(Cl)c(Cl)c2)c1. The summed E-state index contributed by atoms with van der Waals surface area (Å²) >= 11 is 12.1. The maximum absolute atomic E-state index is 12.4. The number of hydrogen-bond acceptors (Lipinski definition) is 3. The highest BCUT2D eigenvalue weighted by Gasteiger charge is 2.32. The number of likely N-dealkylation sites (N-methyl/N-ethyl adjacent to an activating group) is 1. The number of nitrogens with one attached hydrogen (secondary N) is 1. The predicted octanol–water partition coefficient (Wildman–Crippen LogP) is 4.12. The molecule has 0 bridgehead atoms. The van der Waals surface area contributed by atoms with Gasteiger partial charge in [0.15, 0.2) is 5.76 Å². The minimum absolute atomic E-state index is 0.0787. The van der Waals surface area contributed by atoms with Crippen LogP contribution in [0.1, 0.15) is 18.5 Å². The Labute approximate surface area is 167 Å². The topological polar surface area (TPSA) is 69.6 Å². The van der Waals surface area contributed by atoms with Gasteiger partial charge in [0.2, 0.25) is 0 Å². The van der Waals surface area contributed by atoms with Crippen LogP contribution >= 0.6 is 23.2 Å². The summed E-state index contributed by atoms with van der Waals surface area (Å²) in [6, 6.07) is 12.8. The first-order chi connectivity index (χ1) is 12.8. The van der Waals surface area contributed by atoms with Crippen LogP contribution in [0.2, 0.25) is 10.0 Å². The summed E-state index contributed by atoms with van der Waals surface area (Å²) in [6.07, 6.45) is 0. The highest BCUT2D eigenvalue weighted by atomic mass is 35.5. The van der Waals surface area contributed by atoms with Gasteiger partial charge in [-0.05, 0) is 41.8 Å². The van der Waals surface area contributed by atoms with Gasteiger partial charge >= 0.3 is 0 Å². The van der Waals surface area contributed by atoms with Gasteiger partial charge in [0, 0.05) is 7.05 Å². The average molecular weight is 405 g/mol. The summed E-state index contributed by atoms with van der Waals surface area (Å²) < 4.78 is 0. The summed E-state index contributed by atoms with van der Waals surface area (Å²) in [5.74, 6) is -1.50. The third kappa shape index (κ3) is 3.94. The van der Waals surface area contributed by atoms with E-state index in [2.05, 4.69) is 5.32 Å². The molecule has 1 aliphatic heterocycles. The average Bonchev–Trinajstić information content (AvgIpc) is 2.91. The number of aliphatic hydroxyl groups excluding tert-OH is 1. The maximum Gasteiger partial charge on any atom is 0.289 e. The molecule has 2 amide bonds. The van der Waals surface area contributed by atoms with E-state index >= 15 is 0 Å². The van der Waals surface area contributed by atoms with Gasteiger partial charge in [-0.1, -0.05) is 47.5 Å². The van der Waals surface area contributed by atoms with Gasteiger partial charge in [-0.2, -0.15) is 0 Å². The molecule has 2 aromatic carbocycles. The van der Waals surface area contributed by atoms with Crippen molar-refractivity contribution in [3.8, 4) is 11.1 Å². The van der Waals surface area contributed by atoms with Crippen molar-refractivity contribution in [2.45, 2.75) is 13.0 Å². The molecule has 0 saturated carbocycles. The lowest BCUT2D eigenvalue weighted by atomic mass is 10.00. The molecular weight excluding hydrogens is 387 g/mol. The van der Waals surface area contributed by atoms with E-state index < -0.39 is 17.6 Å². The van der Waals surface area contributed by atoms with Gasteiger partial charge in [-0.25, -0.2) is 0 Å². The van der Waals surface area contributed by atoms with E-state index in [0.717, 1.165) is 16.7 Å². The molecule has 3 rings (SSSR count). The fourth-order valence-electron chi connectivity index (χ4n) is 2.90. The van der Waals surface area contributed by atoms with Crippen molar-refractivity contribution in [2.75, 3.05) is 13.6 Å². The Morgan fingerprint density at radius 3 is 2.48 bits per heavy atom. The maximum atomic E-state index is 12.4. The molecule has 1 aliphatic rings. The standard InChI is InChI=1S/C20H18Cl2N2O3/c1-11(23-19(26)15-10-24(2)20(27)18(15)25)12-4-3-5-13(8-12)14-6-7-16(21)17(22)9-14/h3-9,11,25H,10H2,1-2H3,(H,23,26)/t11-/m1/s1. The minimum Gasteiger partial charge on any atom is -0.503 e. The summed E-state index contributed by atoms with van der Waals surface area (Å²) in [4.78, 5) is 25.4. The number of carbonyl (C=O) groups is 2. The first kappa shape index (κ1) is 19.3. The predicted molar refractivity (Wildman–Crippen MR) is 106 cm³/mol. The normalized spacial score (nSPS) is 15.3. The summed E-state index contributed by atoms with van der Waals surface area (Å²) in [6.45, 7) is 1.93. The lowest BCUT2D eigenvalue weighted by molar-refractivity contribution is -0.126. The summed E-state index contributed by atoms with van der Waals surface area (Å²) in [7, 11) is 1.53. The van der Waals surface area contributed by atoms with Crippen LogP contribution in [0.3, 0.4) is 0 Å². The van der Waals surface area contributed by atoms with Crippen molar-refractivity contribution in [2.24, 2.45) is 0 Å². The molecular formula is C20H18Cl2N2O3. The highest BCUT2D eigenvalue weighted by Crippen LogP contribution is 2.30. The third-order valence-electron chi connectivity index (χ3n) is 4.49.